The van der Waals surface area contributed by atoms with Gasteiger partial charge in [0.1, 0.15) is 17.3 Å². The summed E-state index contributed by atoms with van der Waals surface area (Å²) in [4.78, 5) is 21.8. The molecular weight excluding hydrogens is 263 g/mol. The molecule has 3 rings (SSSR count). The largest absolute Gasteiger partial charge is 0.377 e. The van der Waals surface area contributed by atoms with E-state index < -0.39 is 10.7 Å². The minimum atomic E-state index is -0.513. The van der Waals surface area contributed by atoms with Gasteiger partial charge in [0.25, 0.3) is 5.69 Å². The second kappa shape index (κ2) is 4.85. The van der Waals surface area contributed by atoms with E-state index in [-0.39, 0.29) is 17.4 Å². The molecule has 3 atom stereocenters. The molecule has 1 N–H and O–H groups in total. The third-order valence-electron chi connectivity index (χ3n) is 4.34. The van der Waals surface area contributed by atoms with Crippen molar-refractivity contribution in [1.82, 2.24) is 0 Å². The quantitative estimate of drug-likeness (QED) is 0.681. The number of Topliss-reactive ketones (excluding diaryl/α,β-unsaturated/α-hetero) is 1. The van der Waals surface area contributed by atoms with Crippen LogP contribution in [0, 0.1) is 27.8 Å². The van der Waals surface area contributed by atoms with Gasteiger partial charge in [0, 0.05) is 31.0 Å². The number of halogens is 1. The first kappa shape index (κ1) is 13.0. The van der Waals surface area contributed by atoms with Crippen LogP contribution < -0.4 is 5.32 Å². The standard InChI is InChI=1S/C14H15FN2O3/c15-10-1-2-14(17(19)20)13(7-10)16-11-3-8-5-12(18)6-9(8)4-11/h1-2,7-9,11,16H,3-6H2/t8-,9+,11?. The maximum Gasteiger partial charge on any atom is 0.292 e. The Morgan fingerprint density at radius 2 is 1.90 bits per heavy atom. The second-order valence-corrected chi connectivity index (χ2v) is 5.70. The van der Waals surface area contributed by atoms with Crippen molar-refractivity contribution in [2.75, 3.05) is 5.32 Å². The van der Waals surface area contributed by atoms with Gasteiger partial charge in [-0.1, -0.05) is 0 Å². The summed E-state index contributed by atoms with van der Waals surface area (Å²) in [5.74, 6) is 0.585. The molecule has 1 unspecified atom stereocenters. The fraction of sp³-hybridized carbons (Fsp3) is 0.500. The highest BCUT2D eigenvalue weighted by Gasteiger charge is 2.41. The van der Waals surface area contributed by atoms with Crippen LogP contribution in [0.2, 0.25) is 0 Å². The summed E-state index contributed by atoms with van der Waals surface area (Å²) in [6.07, 6.45) is 2.89. The predicted molar refractivity (Wildman–Crippen MR) is 70.9 cm³/mol. The number of carbonyl (C=O) groups is 1. The average Bonchev–Trinajstić information content (AvgIpc) is 2.85. The number of hydrogen-bond donors (Lipinski definition) is 1. The Hall–Kier alpha value is -1.98. The number of hydrogen-bond acceptors (Lipinski definition) is 4. The number of nitro groups is 1. The van der Waals surface area contributed by atoms with E-state index in [0.717, 1.165) is 25.0 Å². The molecule has 1 aromatic rings. The highest BCUT2D eigenvalue weighted by molar-refractivity contribution is 5.81. The van der Waals surface area contributed by atoms with Crippen molar-refractivity contribution >= 4 is 17.2 Å². The molecule has 6 heteroatoms. The molecule has 0 aliphatic heterocycles. The van der Waals surface area contributed by atoms with Crippen LogP contribution in [0.15, 0.2) is 18.2 Å². The zero-order valence-electron chi connectivity index (χ0n) is 10.8. The Morgan fingerprint density at radius 1 is 1.25 bits per heavy atom. The second-order valence-electron chi connectivity index (χ2n) is 5.70. The molecule has 106 valence electrons. The molecule has 2 aliphatic carbocycles. The van der Waals surface area contributed by atoms with Crippen molar-refractivity contribution in [2.45, 2.75) is 31.7 Å². The molecule has 0 aromatic heterocycles. The Labute approximate surface area is 115 Å². The maximum absolute atomic E-state index is 13.3. The van der Waals surface area contributed by atoms with E-state index in [2.05, 4.69) is 5.32 Å². The summed E-state index contributed by atoms with van der Waals surface area (Å²) in [5.41, 5.74) is 0.117. The van der Waals surface area contributed by atoms with Gasteiger partial charge in [-0.2, -0.15) is 0 Å². The van der Waals surface area contributed by atoms with E-state index in [1.807, 2.05) is 0 Å². The minimum absolute atomic E-state index is 0.0820. The molecule has 0 bridgehead atoms. The fourth-order valence-electron chi connectivity index (χ4n) is 3.50. The first-order valence-electron chi connectivity index (χ1n) is 6.75. The number of nitro benzene ring substituents is 1. The van der Waals surface area contributed by atoms with Gasteiger partial charge in [0.05, 0.1) is 4.92 Å². The lowest BCUT2D eigenvalue weighted by Gasteiger charge is -2.15. The molecule has 2 fully saturated rings. The minimum Gasteiger partial charge on any atom is -0.377 e. The van der Waals surface area contributed by atoms with Gasteiger partial charge in [-0.15, -0.1) is 0 Å². The van der Waals surface area contributed by atoms with Crippen LogP contribution in [0.5, 0.6) is 0 Å². The molecule has 2 saturated carbocycles. The number of carbonyl (C=O) groups excluding carboxylic acids is 1. The van der Waals surface area contributed by atoms with Crippen molar-refractivity contribution < 1.29 is 14.1 Å². The van der Waals surface area contributed by atoms with Crippen LogP contribution in [0.4, 0.5) is 15.8 Å². The molecule has 0 heterocycles. The molecule has 2 aliphatic rings. The van der Waals surface area contributed by atoms with Crippen LogP contribution in [0.25, 0.3) is 0 Å². The van der Waals surface area contributed by atoms with E-state index in [9.17, 15) is 19.3 Å². The molecule has 0 radical (unpaired) electrons. The van der Waals surface area contributed by atoms with E-state index in [4.69, 9.17) is 0 Å². The highest BCUT2D eigenvalue weighted by atomic mass is 19.1. The summed E-state index contributed by atoms with van der Waals surface area (Å²) in [6.45, 7) is 0. The summed E-state index contributed by atoms with van der Waals surface area (Å²) >= 11 is 0. The van der Waals surface area contributed by atoms with E-state index in [0.29, 0.717) is 30.5 Å². The van der Waals surface area contributed by atoms with Crippen molar-refractivity contribution in [2.24, 2.45) is 11.8 Å². The number of ketones is 1. The maximum atomic E-state index is 13.3. The topological polar surface area (TPSA) is 72.2 Å². The lowest BCUT2D eigenvalue weighted by molar-refractivity contribution is -0.384. The summed E-state index contributed by atoms with van der Waals surface area (Å²) < 4.78 is 13.3. The van der Waals surface area contributed by atoms with Crippen molar-refractivity contribution in [3.05, 3.63) is 34.1 Å². The number of nitrogens with one attached hydrogen (secondary N) is 1. The number of fused-ring (bicyclic) bond motifs is 1. The van der Waals surface area contributed by atoms with Crippen molar-refractivity contribution in [1.29, 1.82) is 0 Å². The Balaban J connectivity index is 1.74. The third kappa shape index (κ3) is 2.37. The Morgan fingerprint density at radius 3 is 2.50 bits per heavy atom. The number of rotatable bonds is 3. The van der Waals surface area contributed by atoms with Crippen LogP contribution in [-0.4, -0.2) is 16.7 Å². The lowest BCUT2D eigenvalue weighted by atomic mass is 10.0. The summed E-state index contributed by atoms with van der Waals surface area (Å²) in [7, 11) is 0. The van der Waals surface area contributed by atoms with Crippen molar-refractivity contribution in [3.8, 4) is 0 Å². The van der Waals surface area contributed by atoms with Gasteiger partial charge < -0.3 is 5.32 Å². The molecular formula is C14H15FN2O3. The normalized spacial score (nSPS) is 28.4. The third-order valence-corrected chi connectivity index (χ3v) is 4.34. The van der Waals surface area contributed by atoms with Gasteiger partial charge in [0.2, 0.25) is 0 Å². The van der Waals surface area contributed by atoms with Gasteiger partial charge in [0.15, 0.2) is 0 Å². The Bertz CT molecular complexity index is 560. The summed E-state index contributed by atoms with van der Waals surface area (Å²) in [5, 5.41) is 14.0. The van der Waals surface area contributed by atoms with Gasteiger partial charge in [-0.05, 0) is 30.7 Å². The van der Waals surface area contributed by atoms with E-state index in [1.165, 1.54) is 6.07 Å². The SMILES string of the molecule is O=C1C[C@@H]2CC(Nc3cc(F)ccc3[N+](=O)[O-])C[C@@H]2C1. The monoisotopic (exact) mass is 278 g/mol. The van der Waals surface area contributed by atoms with Gasteiger partial charge in [-0.3, -0.25) is 14.9 Å². The average molecular weight is 278 g/mol. The van der Waals surface area contributed by atoms with E-state index in [1.54, 1.807) is 0 Å². The van der Waals surface area contributed by atoms with Crippen LogP contribution in [0.3, 0.4) is 0 Å². The zero-order chi connectivity index (χ0) is 14.3. The Kier molecular flexibility index (Phi) is 3.16. The first-order chi connectivity index (χ1) is 9.52. The van der Waals surface area contributed by atoms with Crippen LogP contribution in [0.1, 0.15) is 25.7 Å². The molecule has 20 heavy (non-hydrogen) atoms. The number of nitrogens with zero attached hydrogens (tertiary/aromatic N) is 1. The van der Waals surface area contributed by atoms with Crippen LogP contribution >= 0.6 is 0 Å². The molecule has 0 spiro atoms. The number of anilines is 1. The zero-order valence-corrected chi connectivity index (χ0v) is 10.8. The summed E-state index contributed by atoms with van der Waals surface area (Å²) in [6, 6.07) is 3.51. The first-order valence-corrected chi connectivity index (χ1v) is 6.75. The molecule has 1 aromatic carbocycles. The van der Waals surface area contributed by atoms with Crippen molar-refractivity contribution in [3.63, 3.8) is 0 Å². The lowest BCUT2D eigenvalue weighted by Crippen LogP contribution is -2.18. The highest BCUT2D eigenvalue weighted by Crippen LogP contribution is 2.43. The van der Waals surface area contributed by atoms with Crippen LogP contribution in [-0.2, 0) is 4.79 Å². The molecule has 0 saturated heterocycles. The molecule has 0 amide bonds. The fourth-order valence-corrected chi connectivity index (χ4v) is 3.50. The smallest absolute Gasteiger partial charge is 0.292 e. The number of benzene rings is 1. The predicted octanol–water partition coefficient (Wildman–Crippen LogP) is 2.90. The van der Waals surface area contributed by atoms with E-state index >= 15 is 0 Å². The van der Waals surface area contributed by atoms with Gasteiger partial charge >= 0.3 is 0 Å². The van der Waals surface area contributed by atoms with Gasteiger partial charge in [-0.25, -0.2) is 4.39 Å². The molecule has 5 nitrogen and oxygen atoms in total.